The Kier molecular flexibility index (Phi) is 4.20. The van der Waals surface area contributed by atoms with E-state index in [9.17, 15) is 4.79 Å². The Hall–Kier alpha value is -0.840. The quantitative estimate of drug-likeness (QED) is 0.719. The zero-order valence-electron chi connectivity index (χ0n) is 10.3. The number of carbonyl (C=O) groups excluding carboxylic acids is 1. The largest absolute Gasteiger partial charge is 0.445 e. The Morgan fingerprint density at radius 1 is 1.47 bits per heavy atom. The number of piperidine rings is 1. The number of thiocarbonyl (C=S) groups is 1. The zero-order valence-corrected chi connectivity index (χ0v) is 11.1. The van der Waals surface area contributed by atoms with E-state index in [1.165, 1.54) is 12.8 Å². The van der Waals surface area contributed by atoms with E-state index in [0.29, 0.717) is 0 Å². The molecule has 1 amide bonds. The molecular formula is C12H20N2O2S. The van der Waals surface area contributed by atoms with Crippen molar-refractivity contribution in [3.05, 3.63) is 0 Å². The number of hydrogen-bond donors (Lipinski definition) is 0. The lowest BCUT2D eigenvalue weighted by atomic mass is 9.94. The predicted octanol–water partition coefficient (Wildman–Crippen LogP) is 1.89. The van der Waals surface area contributed by atoms with Gasteiger partial charge in [0.15, 0.2) is 0 Å². The standard InChI is InChI=1S/C12H20N2O2S/c1-10-8-14(12(15)16-10)7-4-11-2-5-13(9-17)6-3-11/h9-11H,2-8H2,1H3. The molecule has 2 aliphatic rings. The van der Waals surface area contributed by atoms with Crippen LogP contribution in [-0.4, -0.2) is 53.7 Å². The SMILES string of the molecule is CC1CN(CCC2CCN(C=S)CC2)C(=O)O1. The third kappa shape index (κ3) is 3.31. The van der Waals surface area contributed by atoms with Gasteiger partial charge < -0.3 is 14.5 Å². The first-order chi connectivity index (χ1) is 8.19. The van der Waals surface area contributed by atoms with Gasteiger partial charge in [-0.2, -0.15) is 0 Å². The van der Waals surface area contributed by atoms with Crippen LogP contribution in [0.15, 0.2) is 0 Å². The van der Waals surface area contributed by atoms with Crippen LogP contribution in [0.2, 0.25) is 0 Å². The molecule has 0 aromatic carbocycles. The fourth-order valence-electron chi connectivity index (χ4n) is 2.54. The second kappa shape index (κ2) is 5.67. The maximum absolute atomic E-state index is 11.4. The van der Waals surface area contributed by atoms with Crippen LogP contribution < -0.4 is 0 Å². The van der Waals surface area contributed by atoms with Crippen LogP contribution >= 0.6 is 12.2 Å². The molecule has 2 fully saturated rings. The van der Waals surface area contributed by atoms with E-state index in [2.05, 4.69) is 4.90 Å². The molecule has 1 unspecified atom stereocenters. The minimum Gasteiger partial charge on any atom is -0.445 e. The van der Waals surface area contributed by atoms with Gasteiger partial charge in [-0.3, -0.25) is 0 Å². The van der Waals surface area contributed by atoms with Crippen molar-refractivity contribution in [3.63, 3.8) is 0 Å². The third-order valence-electron chi connectivity index (χ3n) is 3.64. The Balaban J connectivity index is 1.69. The average molecular weight is 256 g/mol. The first-order valence-corrected chi connectivity index (χ1v) is 6.81. The van der Waals surface area contributed by atoms with Crippen LogP contribution in [0.25, 0.3) is 0 Å². The number of carbonyl (C=O) groups is 1. The van der Waals surface area contributed by atoms with Crippen molar-refractivity contribution in [1.29, 1.82) is 0 Å². The van der Waals surface area contributed by atoms with Crippen molar-refractivity contribution in [2.75, 3.05) is 26.2 Å². The van der Waals surface area contributed by atoms with E-state index >= 15 is 0 Å². The summed E-state index contributed by atoms with van der Waals surface area (Å²) in [6, 6.07) is 0. The van der Waals surface area contributed by atoms with Gasteiger partial charge in [0.2, 0.25) is 0 Å². The molecule has 2 aliphatic heterocycles. The van der Waals surface area contributed by atoms with E-state index in [4.69, 9.17) is 17.0 Å². The summed E-state index contributed by atoms with van der Waals surface area (Å²) >= 11 is 4.92. The van der Waals surface area contributed by atoms with Crippen LogP contribution in [0, 0.1) is 5.92 Å². The van der Waals surface area contributed by atoms with Crippen LogP contribution in [-0.2, 0) is 4.74 Å². The minimum atomic E-state index is -0.145. The molecule has 0 aromatic rings. The highest BCUT2D eigenvalue weighted by Gasteiger charge is 2.28. The molecule has 96 valence electrons. The lowest BCUT2D eigenvalue weighted by Crippen LogP contribution is -2.34. The van der Waals surface area contributed by atoms with Gasteiger partial charge in [0.25, 0.3) is 0 Å². The molecule has 0 spiro atoms. The second-order valence-corrected chi connectivity index (χ2v) is 5.22. The summed E-state index contributed by atoms with van der Waals surface area (Å²) in [6.07, 6.45) is 3.37. The lowest BCUT2D eigenvalue weighted by Gasteiger charge is -2.30. The van der Waals surface area contributed by atoms with E-state index in [1.807, 2.05) is 11.8 Å². The van der Waals surface area contributed by atoms with Gasteiger partial charge >= 0.3 is 6.09 Å². The summed E-state index contributed by atoms with van der Waals surface area (Å²) in [6.45, 7) is 5.66. The fraction of sp³-hybridized carbons (Fsp3) is 0.833. The van der Waals surface area contributed by atoms with E-state index in [-0.39, 0.29) is 12.2 Å². The molecule has 0 saturated carbocycles. The van der Waals surface area contributed by atoms with Gasteiger partial charge in [-0.25, -0.2) is 4.79 Å². The van der Waals surface area contributed by atoms with Gasteiger partial charge in [0.1, 0.15) is 6.10 Å². The molecular weight excluding hydrogens is 236 g/mol. The molecule has 0 bridgehead atoms. The summed E-state index contributed by atoms with van der Waals surface area (Å²) in [5.41, 5.74) is 1.76. The summed E-state index contributed by atoms with van der Waals surface area (Å²) in [5, 5.41) is 0. The molecule has 0 radical (unpaired) electrons. The summed E-state index contributed by atoms with van der Waals surface area (Å²) in [4.78, 5) is 15.5. The van der Waals surface area contributed by atoms with E-state index in [0.717, 1.165) is 38.5 Å². The van der Waals surface area contributed by atoms with Gasteiger partial charge in [-0.05, 0) is 32.1 Å². The number of hydrogen-bond acceptors (Lipinski definition) is 3. The summed E-state index contributed by atoms with van der Waals surface area (Å²) < 4.78 is 5.11. The summed E-state index contributed by atoms with van der Waals surface area (Å²) in [5.74, 6) is 0.727. The number of cyclic esters (lactones) is 1. The Morgan fingerprint density at radius 3 is 2.71 bits per heavy atom. The van der Waals surface area contributed by atoms with Crippen molar-refractivity contribution in [1.82, 2.24) is 9.80 Å². The van der Waals surface area contributed by atoms with Crippen molar-refractivity contribution in [2.45, 2.75) is 32.3 Å². The molecule has 2 saturated heterocycles. The predicted molar refractivity (Wildman–Crippen MR) is 70.1 cm³/mol. The Labute approximate surface area is 108 Å². The van der Waals surface area contributed by atoms with E-state index < -0.39 is 0 Å². The highest BCUT2D eigenvalue weighted by molar-refractivity contribution is 7.78. The lowest BCUT2D eigenvalue weighted by molar-refractivity contribution is 0.137. The first-order valence-electron chi connectivity index (χ1n) is 6.34. The van der Waals surface area contributed by atoms with Crippen molar-refractivity contribution < 1.29 is 9.53 Å². The number of ether oxygens (including phenoxy) is 1. The molecule has 4 nitrogen and oxygen atoms in total. The molecule has 5 heteroatoms. The number of amides is 1. The molecule has 0 aromatic heterocycles. The topological polar surface area (TPSA) is 32.8 Å². The second-order valence-electron chi connectivity index (χ2n) is 5.01. The monoisotopic (exact) mass is 256 g/mol. The number of likely N-dealkylation sites (tertiary alicyclic amines) is 1. The van der Waals surface area contributed by atoms with Gasteiger partial charge in [-0.15, -0.1) is 0 Å². The van der Waals surface area contributed by atoms with Crippen molar-refractivity contribution >= 4 is 23.8 Å². The highest BCUT2D eigenvalue weighted by Crippen LogP contribution is 2.21. The van der Waals surface area contributed by atoms with Crippen molar-refractivity contribution in [3.8, 4) is 0 Å². The fourth-order valence-corrected chi connectivity index (χ4v) is 2.75. The van der Waals surface area contributed by atoms with Crippen LogP contribution in [0.5, 0.6) is 0 Å². The Bertz CT molecular complexity index is 290. The molecule has 1 atom stereocenters. The van der Waals surface area contributed by atoms with Gasteiger partial charge in [0, 0.05) is 19.6 Å². The molecule has 0 N–H and O–H groups in total. The van der Waals surface area contributed by atoms with Crippen LogP contribution in [0.1, 0.15) is 26.2 Å². The van der Waals surface area contributed by atoms with Crippen LogP contribution in [0.3, 0.4) is 0 Å². The highest BCUT2D eigenvalue weighted by atomic mass is 32.1. The van der Waals surface area contributed by atoms with Crippen LogP contribution in [0.4, 0.5) is 4.79 Å². The average Bonchev–Trinajstić information content (AvgIpc) is 2.66. The minimum absolute atomic E-state index is 0.0548. The first kappa shape index (κ1) is 12.6. The van der Waals surface area contributed by atoms with E-state index in [1.54, 1.807) is 5.49 Å². The maximum atomic E-state index is 11.4. The zero-order chi connectivity index (χ0) is 12.3. The third-order valence-corrected chi connectivity index (χ3v) is 3.94. The molecule has 2 heterocycles. The normalized spacial score (nSPS) is 26.2. The summed E-state index contributed by atoms with van der Waals surface area (Å²) in [7, 11) is 0. The molecule has 17 heavy (non-hydrogen) atoms. The molecule has 2 rings (SSSR count). The number of nitrogens with zero attached hydrogens (tertiary/aromatic N) is 2. The molecule has 0 aliphatic carbocycles. The number of rotatable bonds is 4. The smallest absolute Gasteiger partial charge is 0.410 e. The van der Waals surface area contributed by atoms with Gasteiger partial charge in [-0.1, -0.05) is 12.2 Å². The van der Waals surface area contributed by atoms with Crippen molar-refractivity contribution in [2.24, 2.45) is 5.92 Å². The maximum Gasteiger partial charge on any atom is 0.410 e. The Morgan fingerprint density at radius 2 is 2.18 bits per heavy atom. The van der Waals surface area contributed by atoms with Gasteiger partial charge in [0.05, 0.1) is 12.0 Å².